The number of rotatable bonds is 2. The predicted molar refractivity (Wildman–Crippen MR) is 77.0 cm³/mol. The van der Waals surface area contributed by atoms with Crippen LogP contribution >= 0.6 is 0 Å². The zero-order valence-corrected chi connectivity index (χ0v) is 13.2. The van der Waals surface area contributed by atoms with Gasteiger partial charge in [-0.15, -0.1) is 0 Å². The number of aliphatic hydroxyl groups excluding tert-OH is 1. The van der Waals surface area contributed by atoms with Crippen LogP contribution in [0, 0.1) is 11.6 Å². The van der Waals surface area contributed by atoms with Gasteiger partial charge in [0.25, 0.3) is 5.92 Å². The summed E-state index contributed by atoms with van der Waals surface area (Å²) in [5.74, 6) is -5.27. The third-order valence-corrected chi connectivity index (χ3v) is 5.13. The highest BCUT2D eigenvalue weighted by Crippen LogP contribution is 2.45. The topological polar surface area (TPSA) is 59.3 Å². The molecule has 0 saturated carbocycles. The first kappa shape index (κ1) is 17.0. The average molecular weight is 363 g/mol. The largest absolute Gasteiger partial charge is 0.382 e. The van der Waals surface area contributed by atoms with E-state index in [1.54, 1.807) is 0 Å². The number of halogens is 4. The first-order chi connectivity index (χ1) is 11.0. The van der Waals surface area contributed by atoms with Gasteiger partial charge in [-0.25, -0.2) is 26.0 Å². The fraction of sp³-hybridized carbons (Fsp3) is 0.333. The second kappa shape index (κ2) is 5.32. The quantitative estimate of drug-likeness (QED) is 0.835. The lowest BCUT2D eigenvalue weighted by atomic mass is 9.91. The number of sulfone groups is 1. The van der Waals surface area contributed by atoms with Gasteiger partial charge in [0.05, 0.1) is 10.6 Å². The van der Waals surface area contributed by atoms with E-state index in [-0.39, 0.29) is 17.8 Å². The van der Waals surface area contributed by atoms with Crippen molar-refractivity contribution >= 4 is 9.84 Å². The van der Waals surface area contributed by atoms with Crippen molar-refractivity contribution in [3.63, 3.8) is 0 Å². The van der Waals surface area contributed by atoms with Crippen molar-refractivity contribution in [3.05, 3.63) is 47.3 Å². The molecular formula is C15H13F4NO3S. The Balaban J connectivity index is 2.31. The number of aromatic nitrogens is 1. The maximum atomic E-state index is 13.8. The molecule has 1 unspecified atom stereocenters. The Kier molecular flexibility index (Phi) is 3.76. The molecule has 4 nitrogen and oxygen atoms in total. The molecule has 0 aliphatic heterocycles. The van der Waals surface area contributed by atoms with Crippen LogP contribution in [0.1, 0.15) is 23.8 Å². The molecule has 0 saturated heterocycles. The van der Waals surface area contributed by atoms with Crippen LogP contribution < -0.4 is 0 Å². The van der Waals surface area contributed by atoms with E-state index in [4.69, 9.17) is 0 Å². The smallest absolute Gasteiger partial charge is 0.278 e. The maximum absolute atomic E-state index is 13.8. The summed E-state index contributed by atoms with van der Waals surface area (Å²) in [6, 6.07) is 2.54. The van der Waals surface area contributed by atoms with Gasteiger partial charge >= 0.3 is 0 Å². The van der Waals surface area contributed by atoms with Crippen LogP contribution in [0.2, 0.25) is 0 Å². The number of alkyl halides is 2. The fourth-order valence-electron chi connectivity index (χ4n) is 2.92. The maximum Gasteiger partial charge on any atom is 0.278 e. The monoisotopic (exact) mass is 363 g/mol. The first-order valence-corrected chi connectivity index (χ1v) is 8.86. The highest BCUT2D eigenvalue weighted by Gasteiger charge is 2.47. The van der Waals surface area contributed by atoms with Gasteiger partial charge in [-0.05, 0) is 18.6 Å². The fourth-order valence-corrected chi connectivity index (χ4v) is 3.85. The van der Waals surface area contributed by atoms with Crippen LogP contribution in [-0.4, -0.2) is 30.3 Å². The standard InChI is InChI=1S/C15H13F4NO3S/c1-24(22,23)12-7-20(10-5-8(16)4-9(17)6-10)11-2-3-15(18,19)14(21)13(11)12/h4-7,14,21H,2-3H2,1H3. The average Bonchev–Trinajstić information content (AvgIpc) is 2.82. The Hall–Kier alpha value is -1.87. The van der Waals surface area contributed by atoms with Crippen molar-refractivity contribution in [2.45, 2.75) is 29.8 Å². The summed E-state index contributed by atoms with van der Waals surface area (Å²) in [6.07, 6.45) is -1.41. The van der Waals surface area contributed by atoms with E-state index in [0.717, 1.165) is 29.2 Å². The van der Waals surface area contributed by atoms with E-state index >= 15 is 0 Å². The number of hydrogen-bond acceptors (Lipinski definition) is 3. The number of nitrogens with zero attached hydrogens (tertiary/aromatic N) is 1. The number of hydrogen-bond donors (Lipinski definition) is 1. The third-order valence-electron chi connectivity index (χ3n) is 4.01. The highest BCUT2D eigenvalue weighted by molar-refractivity contribution is 7.90. The predicted octanol–water partition coefficient (Wildman–Crippen LogP) is 2.77. The van der Waals surface area contributed by atoms with Gasteiger partial charge in [0, 0.05) is 36.2 Å². The summed E-state index contributed by atoms with van der Waals surface area (Å²) in [6.45, 7) is 0. The molecule has 3 rings (SSSR count). The number of benzene rings is 1. The lowest BCUT2D eigenvalue weighted by Crippen LogP contribution is -2.32. The summed E-state index contributed by atoms with van der Waals surface area (Å²) < 4.78 is 79.5. The summed E-state index contributed by atoms with van der Waals surface area (Å²) in [5.41, 5.74) is -0.367. The van der Waals surface area contributed by atoms with Crippen LogP contribution in [0.5, 0.6) is 0 Å². The second-order valence-electron chi connectivity index (χ2n) is 5.79. The lowest BCUT2D eigenvalue weighted by molar-refractivity contribution is -0.123. The molecule has 0 amide bonds. The van der Waals surface area contributed by atoms with E-state index in [1.807, 2.05) is 0 Å². The van der Waals surface area contributed by atoms with Crippen LogP contribution in [-0.2, 0) is 16.3 Å². The van der Waals surface area contributed by atoms with Crippen molar-refractivity contribution < 1.29 is 31.1 Å². The molecular weight excluding hydrogens is 350 g/mol. The molecule has 1 N–H and O–H groups in total. The number of fused-ring (bicyclic) bond motifs is 1. The Morgan fingerprint density at radius 3 is 2.33 bits per heavy atom. The van der Waals surface area contributed by atoms with Crippen molar-refractivity contribution in [1.29, 1.82) is 0 Å². The molecule has 1 aromatic heterocycles. The number of aliphatic hydroxyl groups is 1. The minimum Gasteiger partial charge on any atom is -0.382 e. The molecule has 0 spiro atoms. The van der Waals surface area contributed by atoms with Crippen LogP contribution in [0.4, 0.5) is 17.6 Å². The first-order valence-electron chi connectivity index (χ1n) is 6.97. The molecule has 1 atom stereocenters. The Labute approximate surface area is 135 Å². The molecule has 0 bridgehead atoms. The van der Waals surface area contributed by atoms with Crippen LogP contribution in [0.3, 0.4) is 0 Å². The Bertz CT molecular complexity index is 901. The van der Waals surface area contributed by atoms with Crippen LogP contribution in [0.15, 0.2) is 29.3 Å². The SMILES string of the molecule is CS(=O)(=O)c1cn(-c2cc(F)cc(F)c2)c2c1C(O)C(F)(F)CC2. The van der Waals surface area contributed by atoms with Gasteiger partial charge in [-0.1, -0.05) is 0 Å². The van der Waals surface area contributed by atoms with Gasteiger partial charge in [0.1, 0.15) is 17.7 Å². The van der Waals surface area contributed by atoms with Gasteiger partial charge in [-0.3, -0.25) is 0 Å². The lowest BCUT2D eigenvalue weighted by Gasteiger charge is -2.29. The minimum absolute atomic E-state index is 0.0453. The van der Waals surface area contributed by atoms with E-state index in [0.29, 0.717) is 6.07 Å². The van der Waals surface area contributed by atoms with Crippen molar-refractivity contribution in [2.75, 3.05) is 6.26 Å². The molecule has 2 aromatic rings. The molecule has 130 valence electrons. The van der Waals surface area contributed by atoms with Gasteiger partial charge in [0.2, 0.25) is 0 Å². The van der Waals surface area contributed by atoms with E-state index in [2.05, 4.69) is 0 Å². The van der Waals surface area contributed by atoms with Crippen LogP contribution in [0.25, 0.3) is 5.69 Å². The molecule has 1 heterocycles. The second-order valence-corrected chi connectivity index (χ2v) is 7.77. The van der Waals surface area contributed by atoms with Gasteiger partial charge < -0.3 is 9.67 Å². The molecule has 1 aromatic carbocycles. The molecule has 1 aliphatic carbocycles. The van der Waals surface area contributed by atoms with Crippen molar-refractivity contribution in [1.82, 2.24) is 4.57 Å². The van der Waals surface area contributed by atoms with Gasteiger partial charge in [0.15, 0.2) is 9.84 Å². The minimum atomic E-state index is -3.94. The Morgan fingerprint density at radius 2 is 1.79 bits per heavy atom. The third kappa shape index (κ3) is 2.71. The summed E-state index contributed by atoms with van der Waals surface area (Å²) in [4.78, 5) is -0.478. The summed E-state index contributed by atoms with van der Waals surface area (Å²) >= 11 is 0. The van der Waals surface area contributed by atoms with E-state index in [9.17, 15) is 31.1 Å². The molecule has 1 aliphatic rings. The normalized spacial score (nSPS) is 20.0. The zero-order valence-electron chi connectivity index (χ0n) is 12.4. The molecule has 9 heteroatoms. The van der Waals surface area contributed by atoms with Crippen molar-refractivity contribution in [2.24, 2.45) is 0 Å². The van der Waals surface area contributed by atoms with E-state index in [1.165, 1.54) is 0 Å². The zero-order chi connectivity index (χ0) is 17.9. The summed E-state index contributed by atoms with van der Waals surface area (Å²) in [7, 11) is -3.94. The molecule has 0 fully saturated rings. The molecule has 24 heavy (non-hydrogen) atoms. The Morgan fingerprint density at radius 1 is 1.21 bits per heavy atom. The molecule has 0 radical (unpaired) electrons. The highest BCUT2D eigenvalue weighted by atomic mass is 32.2. The summed E-state index contributed by atoms with van der Waals surface area (Å²) in [5, 5.41) is 9.93. The van der Waals surface area contributed by atoms with E-state index < -0.39 is 50.4 Å². The van der Waals surface area contributed by atoms with Crippen molar-refractivity contribution in [3.8, 4) is 5.69 Å². The van der Waals surface area contributed by atoms with Gasteiger partial charge in [-0.2, -0.15) is 0 Å².